The van der Waals surface area contributed by atoms with E-state index in [4.69, 9.17) is 11.6 Å². The Balaban J connectivity index is 1.56. The number of aryl methyl sites for hydroxylation is 1. The zero-order valence-corrected chi connectivity index (χ0v) is 17.8. The zero-order valence-electron chi connectivity index (χ0n) is 15.4. The summed E-state index contributed by atoms with van der Waals surface area (Å²) in [5.74, 6) is -0.276. The summed E-state index contributed by atoms with van der Waals surface area (Å²) in [7, 11) is 3.04. The lowest BCUT2D eigenvalue weighted by Gasteiger charge is -2.05. The Morgan fingerprint density at radius 1 is 1.10 bits per heavy atom. The number of aromatic nitrogens is 3. The van der Waals surface area contributed by atoms with Gasteiger partial charge >= 0.3 is 5.69 Å². The van der Waals surface area contributed by atoms with Gasteiger partial charge in [0.05, 0.1) is 23.0 Å². The van der Waals surface area contributed by atoms with Crippen molar-refractivity contribution in [1.82, 2.24) is 14.1 Å². The van der Waals surface area contributed by atoms with Gasteiger partial charge in [-0.2, -0.15) is 0 Å². The first-order valence-electron chi connectivity index (χ1n) is 8.52. The highest BCUT2D eigenvalue weighted by atomic mass is 35.5. The van der Waals surface area contributed by atoms with Crippen LogP contribution in [0.5, 0.6) is 0 Å². The lowest BCUT2D eigenvalue weighted by molar-refractivity contribution is -0.115. The number of rotatable bonds is 4. The average molecular weight is 447 g/mol. The van der Waals surface area contributed by atoms with Crippen LogP contribution in [-0.4, -0.2) is 20.0 Å². The number of carbonyl (C=O) groups excluding carboxylic acids is 1. The summed E-state index contributed by atoms with van der Waals surface area (Å²) < 4.78 is 2.46. The zero-order chi connectivity index (χ0) is 20.7. The van der Waals surface area contributed by atoms with E-state index in [1.807, 2.05) is 17.5 Å². The molecule has 0 unspecified atom stereocenters. The molecule has 0 atom stereocenters. The van der Waals surface area contributed by atoms with Crippen LogP contribution in [0, 0.1) is 0 Å². The molecule has 29 heavy (non-hydrogen) atoms. The molecule has 0 fully saturated rings. The van der Waals surface area contributed by atoms with E-state index in [9.17, 15) is 14.4 Å². The van der Waals surface area contributed by atoms with Crippen molar-refractivity contribution in [2.75, 3.05) is 5.32 Å². The van der Waals surface area contributed by atoms with Crippen molar-refractivity contribution in [3.63, 3.8) is 0 Å². The first-order chi connectivity index (χ1) is 13.8. The average Bonchev–Trinajstić information content (AvgIpc) is 3.32. The van der Waals surface area contributed by atoms with Gasteiger partial charge in [0.1, 0.15) is 0 Å². The van der Waals surface area contributed by atoms with Crippen LogP contribution < -0.4 is 16.6 Å². The molecule has 1 aromatic carbocycles. The van der Waals surface area contributed by atoms with Crippen LogP contribution in [-0.2, 0) is 25.3 Å². The molecule has 0 saturated carbocycles. The number of hydrogen-bond donors (Lipinski definition) is 1. The molecule has 0 radical (unpaired) electrons. The number of anilines is 1. The van der Waals surface area contributed by atoms with Gasteiger partial charge in [-0.05, 0) is 12.1 Å². The molecular formula is C19H15ClN4O3S2. The third-order valence-electron chi connectivity index (χ3n) is 4.51. The van der Waals surface area contributed by atoms with Crippen molar-refractivity contribution in [2.45, 2.75) is 6.42 Å². The van der Waals surface area contributed by atoms with Gasteiger partial charge in [-0.15, -0.1) is 22.7 Å². The van der Waals surface area contributed by atoms with Gasteiger partial charge in [0.25, 0.3) is 5.56 Å². The Hall–Kier alpha value is -2.75. The maximum Gasteiger partial charge on any atom is 0.330 e. The Bertz CT molecular complexity index is 1350. The number of amides is 1. The number of nitrogens with one attached hydrogen (secondary N) is 1. The van der Waals surface area contributed by atoms with E-state index in [0.717, 1.165) is 15.8 Å². The van der Waals surface area contributed by atoms with Crippen molar-refractivity contribution in [2.24, 2.45) is 14.1 Å². The predicted molar refractivity (Wildman–Crippen MR) is 117 cm³/mol. The summed E-state index contributed by atoms with van der Waals surface area (Å²) in [5, 5.41) is 7.87. The summed E-state index contributed by atoms with van der Waals surface area (Å²) in [6, 6.07) is 7.29. The SMILES string of the molecule is Cn1c(=O)c2c(CC(=O)Nc3nc(-c4ccc(Cl)cc4)cs3)scc2n(C)c1=O. The summed E-state index contributed by atoms with van der Waals surface area (Å²) in [6.07, 6.45) is 0.0253. The van der Waals surface area contributed by atoms with E-state index >= 15 is 0 Å². The monoisotopic (exact) mass is 446 g/mol. The van der Waals surface area contributed by atoms with Crippen LogP contribution in [0.1, 0.15) is 4.88 Å². The molecule has 0 aliphatic rings. The molecule has 10 heteroatoms. The van der Waals surface area contributed by atoms with Crippen LogP contribution in [0.25, 0.3) is 22.2 Å². The third kappa shape index (κ3) is 3.64. The van der Waals surface area contributed by atoms with Gasteiger partial charge in [0, 0.05) is 40.3 Å². The van der Waals surface area contributed by atoms with Crippen molar-refractivity contribution in [3.05, 3.63) is 65.8 Å². The smallest absolute Gasteiger partial charge is 0.302 e. The maximum absolute atomic E-state index is 12.5. The van der Waals surface area contributed by atoms with Crippen molar-refractivity contribution >= 4 is 56.2 Å². The van der Waals surface area contributed by atoms with E-state index in [0.29, 0.717) is 25.9 Å². The first kappa shape index (κ1) is 19.6. The molecule has 3 aromatic heterocycles. The van der Waals surface area contributed by atoms with Gasteiger partial charge < -0.3 is 5.32 Å². The standard InChI is InChI=1S/C19H15ClN4O3S2/c1-23-13-9-28-14(16(13)17(26)24(2)19(23)27)7-15(25)22-18-21-12(8-29-18)10-3-5-11(20)6-4-10/h3-6,8-9H,7H2,1-2H3,(H,21,22,25). The summed E-state index contributed by atoms with van der Waals surface area (Å²) in [5.41, 5.74) is 1.39. The van der Waals surface area contributed by atoms with Gasteiger partial charge in [0.2, 0.25) is 5.91 Å². The lowest BCUT2D eigenvalue weighted by Crippen LogP contribution is -2.36. The molecule has 0 saturated heterocycles. The fourth-order valence-electron chi connectivity index (χ4n) is 2.97. The number of hydrogen-bond acceptors (Lipinski definition) is 6. The van der Waals surface area contributed by atoms with E-state index in [-0.39, 0.29) is 12.3 Å². The van der Waals surface area contributed by atoms with Gasteiger partial charge in [-0.1, -0.05) is 23.7 Å². The van der Waals surface area contributed by atoms with Gasteiger partial charge in [-0.25, -0.2) is 9.78 Å². The Kier molecular flexibility index (Phi) is 5.12. The van der Waals surface area contributed by atoms with Gasteiger partial charge in [-0.3, -0.25) is 18.7 Å². The minimum absolute atomic E-state index is 0.0253. The van der Waals surface area contributed by atoms with Gasteiger partial charge in [0.15, 0.2) is 5.13 Å². The van der Waals surface area contributed by atoms with Crippen molar-refractivity contribution in [3.8, 4) is 11.3 Å². The second kappa shape index (κ2) is 7.58. The van der Waals surface area contributed by atoms with E-state index in [2.05, 4.69) is 10.3 Å². The second-order valence-corrected chi connectivity index (χ2v) is 8.65. The largest absolute Gasteiger partial charge is 0.330 e. The number of halogens is 1. The molecule has 0 bridgehead atoms. The normalized spacial score (nSPS) is 11.1. The second-order valence-electron chi connectivity index (χ2n) is 6.39. The molecule has 1 N–H and O–H groups in total. The minimum atomic E-state index is -0.397. The number of thiophene rings is 1. The maximum atomic E-state index is 12.5. The molecule has 148 valence electrons. The number of nitrogens with zero attached hydrogens (tertiary/aromatic N) is 3. The van der Waals surface area contributed by atoms with E-state index in [1.165, 1.54) is 34.3 Å². The van der Waals surface area contributed by atoms with Crippen molar-refractivity contribution in [1.29, 1.82) is 0 Å². The number of fused-ring (bicyclic) bond motifs is 1. The topological polar surface area (TPSA) is 86.0 Å². The molecule has 7 nitrogen and oxygen atoms in total. The molecule has 1 amide bonds. The van der Waals surface area contributed by atoms with E-state index in [1.54, 1.807) is 24.6 Å². The van der Waals surface area contributed by atoms with E-state index < -0.39 is 11.2 Å². The van der Waals surface area contributed by atoms with Crippen LogP contribution in [0.4, 0.5) is 5.13 Å². The summed E-state index contributed by atoms with van der Waals surface area (Å²) in [4.78, 5) is 42.1. The molecule has 0 aliphatic carbocycles. The molecule has 4 rings (SSSR count). The Morgan fingerprint density at radius 2 is 1.83 bits per heavy atom. The fraction of sp³-hybridized carbons (Fsp3) is 0.158. The van der Waals surface area contributed by atoms with Crippen LogP contribution in [0.15, 0.2) is 44.6 Å². The highest BCUT2D eigenvalue weighted by Gasteiger charge is 2.17. The Morgan fingerprint density at radius 3 is 2.55 bits per heavy atom. The molecule has 3 heterocycles. The molecular weight excluding hydrogens is 432 g/mol. The molecule has 4 aromatic rings. The van der Waals surface area contributed by atoms with Crippen LogP contribution in [0.2, 0.25) is 5.02 Å². The fourth-order valence-corrected chi connectivity index (χ4v) is 4.89. The number of thiazole rings is 1. The minimum Gasteiger partial charge on any atom is -0.302 e. The highest BCUT2D eigenvalue weighted by Crippen LogP contribution is 2.27. The lowest BCUT2D eigenvalue weighted by atomic mass is 10.2. The van der Waals surface area contributed by atoms with Crippen molar-refractivity contribution < 1.29 is 4.79 Å². The molecule has 0 aliphatic heterocycles. The van der Waals surface area contributed by atoms with Crippen LogP contribution in [0.3, 0.4) is 0 Å². The van der Waals surface area contributed by atoms with Crippen LogP contribution >= 0.6 is 34.3 Å². The summed E-state index contributed by atoms with van der Waals surface area (Å²) in [6.45, 7) is 0. The Labute approximate surface area is 177 Å². The third-order valence-corrected chi connectivity index (χ3v) is 6.50. The number of carbonyl (C=O) groups is 1. The summed E-state index contributed by atoms with van der Waals surface area (Å²) >= 11 is 8.51. The first-order valence-corrected chi connectivity index (χ1v) is 10.7. The predicted octanol–water partition coefficient (Wildman–Crippen LogP) is 3.26. The number of benzene rings is 1. The quantitative estimate of drug-likeness (QED) is 0.521. The molecule has 0 spiro atoms. The highest BCUT2D eigenvalue weighted by molar-refractivity contribution is 7.14.